The number of pyridine rings is 1. The number of benzene rings is 1. The molecule has 0 spiro atoms. The Balaban J connectivity index is 1.86. The van der Waals surface area contributed by atoms with Crippen molar-refractivity contribution < 1.29 is 19.4 Å². The molecule has 30 heavy (non-hydrogen) atoms. The van der Waals surface area contributed by atoms with E-state index in [-0.39, 0.29) is 12.6 Å². The Labute approximate surface area is 186 Å². The molecule has 2 heterocycles. The number of halogens is 1. The van der Waals surface area contributed by atoms with Gasteiger partial charge >= 0.3 is 6.09 Å². The number of aromatic nitrogens is 1. The lowest BCUT2D eigenvalue weighted by Gasteiger charge is -2.40. The largest absolute Gasteiger partial charge is 0.490 e. The van der Waals surface area contributed by atoms with Gasteiger partial charge in [-0.2, -0.15) is 0 Å². The van der Waals surface area contributed by atoms with Crippen LogP contribution in [0.3, 0.4) is 0 Å². The molecule has 0 bridgehead atoms. The van der Waals surface area contributed by atoms with Crippen LogP contribution in [0.2, 0.25) is 0 Å². The molecule has 0 aliphatic carbocycles. The molecule has 1 N–H and O–H groups in total. The fraction of sp³-hybridized carbons (Fsp3) is 0.478. The van der Waals surface area contributed by atoms with E-state index in [1.54, 1.807) is 6.20 Å². The molecule has 162 valence electrons. The highest BCUT2D eigenvalue weighted by Crippen LogP contribution is 2.43. The Morgan fingerprint density at radius 2 is 2.07 bits per heavy atom. The molecule has 1 aliphatic heterocycles. The van der Waals surface area contributed by atoms with Crippen LogP contribution < -0.4 is 9.47 Å². The van der Waals surface area contributed by atoms with Gasteiger partial charge in [0, 0.05) is 35.1 Å². The van der Waals surface area contributed by atoms with E-state index in [0.717, 1.165) is 26.9 Å². The van der Waals surface area contributed by atoms with Crippen molar-refractivity contribution in [1.82, 2.24) is 9.88 Å². The average molecular weight is 477 g/mol. The zero-order valence-corrected chi connectivity index (χ0v) is 19.7. The van der Waals surface area contributed by atoms with Gasteiger partial charge in [-0.25, -0.2) is 4.79 Å². The van der Waals surface area contributed by atoms with Crippen molar-refractivity contribution in [3.8, 4) is 22.6 Å². The van der Waals surface area contributed by atoms with Crippen LogP contribution >= 0.6 is 15.9 Å². The fourth-order valence-electron chi connectivity index (χ4n) is 3.90. The number of carbonyl (C=O) groups is 1. The summed E-state index contributed by atoms with van der Waals surface area (Å²) in [6, 6.07) is 5.57. The highest BCUT2D eigenvalue weighted by atomic mass is 79.9. The summed E-state index contributed by atoms with van der Waals surface area (Å²) in [6.07, 6.45) is 3.37. The van der Waals surface area contributed by atoms with E-state index in [1.165, 1.54) is 4.90 Å². The average Bonchev–Trinajstić information content (AvgIpc) is 2.64. The number of hydrogen-bond acceptors (Lipinski definition) is 4. The van der Waals surface area contributed by atoms with Gasteiger partial charge in [0.2, 0.25) is 0 Å². The first-order valence-electron chi connectivity index (χ1n) is 10.1. The maximum absolute atomic E-state index is 12.0. The summed E-state index contributed by atoms with van der Waals surface area (Å²) < 4.78 is 12.8. The minimum absolute atomic E-state index is 0.264. The quantitative estimate of drug-likeness (QED) is 0.555. The standard InChI is InChI=1S/C23H29BrN2O4/c1-14(2)8-16(26(22(27)28)23(3,4)5)13-30-21-10-20-18(9-19(21)24)17-6-7-25-11-15(17)12-29-20/h6-7,9-11,14,16H,8,12-13H2,1-5H3,(H,27,28). The monoisotopic (exact) mass is 476 g/mol. The Kier molecular flexibility index (Phi) is 6.60. The maximum atomic E-state index is 12.0. The van der Waals surface area contributed by atoms with Crippen LogP contribution in [0.4, 0.5) is 4.79 Å². The minimum Gasteiger partial charge on any atom is -0.490 e. The lowest BCUT2D eigenvalue weighted by atomic mass is 9.97. The lowest BCUT2D eigenvalue weighted by molar-refractivity contribution is 0.0432. The van der Waals surface area contributed by atoms with E-state index in [2.05, 4.69) is 34.8 Å². The Hall–Kier alpha value is -2.28. The first kappa shape index (κ1) is 22.4. The van der Waals surface area contributed by atoms with Gasteiger partial charge in [-0.15, -0.1) is 0 Å². The van der Waals surface area contributed by atoms with Crippen molar-refractivity contribution >= 4 is 22.0 Å². The number of hydrogen-bond donors (Lipinski definition) is 1. The zero-order valence-electron chi connectivity index (χ0n) is 18.1. The van der Waals surface area contributed by atoms with Gasteiger partial charge in [0.05, 0.1) is 10.5 Å². The summed E-state index contributed by atoms with van der Waals surface area (Å²) in [4.78, 5) is 17.7. The van der Waals surface area contributed by atoms with E-state index in [1.807, 2.05) is 45.2 Å². The summed E-state index contributed by atoms with van der Waals surface area (Å²) >= 11 is 3.61. The van der Waals surface area contributed by atoms with Crippen molar-refractivity contribution in [3.05, 3.63) is 40.6 Å². The molecule has 0 radical (unpaired) electrons. The first-order valence-corrected chi connectivity index (χ1v) is 10.9. The molecule has 1 aromatic heterocycles. The fourth-order valence-corrected chi connectivity index (χ4v) is 4.36. The Bertz CT molecular complexity index is 924. The number of amides is 1. The van der Waals surface area contributed by atoms with E-state index >= 15 is 0 Å². The van der Waals surface area contributed by atoms with Gasteiger partial charge < -0.3 is 14.6 Å². The van der Waals surface area contributed by atoms with Crippen molar-refractivity contribution in [2.45, 2.75) is 59.2 Å². The molecule has 1 unspecified atom stereocenters. The van der Waals surface area contributed by atoms with Gasteiger partial charge in [-0.05, 0) is 66.7 Å². The molecule has 1 atom stereocenters. The normalized spacial score (nSPS) is 13.8. The molecule has 0 saturated carbocycles. The number of carboxylic acid groups (broad SMARTS) is 1. The van der Waals surface area contributed by atoms with Crippen LogP contribution in [0.5, 0.6) is 11.5 Å². The highest BCUT2D eigenvalue weighted by molar-refractivity contribution is 9.10. The van der Waals surface area contributed by atoms with Crippen molar-refractivity contribution in [3.63, 3.8) is 0 Å². The SMILES string of the molecule is CC(C)CC(COc1cc2c(cc1Br)-c1ccncc1CO2)N(C(=O)O)C(C)(C)C. The summed E-state index contributed by atoms with van der Waals surface area (Å²) in [5.41, 5.74) is 2.60. The van der Waals surface area contributed by atoms with Gasteiger partial charge in [0.15, 0.2) is 0 Å². The van der Waals surface area contributed by atoms with Crippen LogP contribution in [0.1, 0.15) is 46.6 Å². The number of fused-ring (bicyclic) bond motifs is 3. The summed E-state index contributed by atoms with van der Waals surface area (Å²) in [6.45, 7) is 10.6. The van der Waals surface area contributed by atoms with Gasteiger partial charge in [-0.3, -0.25) is 9.88 Å². The van der Waals surface area contributed by atoms with Crippen LogP contribution in [-0.2, 0) is 6.61 Å². The van der Waals surface area contributed by atoms with E-state index in [4.69, 9.17) is 9.47 Å². The lowest BCUT2D eigenvalue weighted by Crippen LogP contribution is -2.53. The second-order valence-corrected chi connectivity index (χ2v) is 9.87. The zero-order chi connectivity index (χ0) is 22.1. The minimum atomic E-state index is -0.935. The molecule has 2 aromatic rings. The maximum Gasteiger partial charge on any atom is 0.408 e. The third-order valence-corrected chi connectivity index (χ3v) is 5.70. The van der Waals surface area contributed by atoms with Crippen LogP contribution in [0.15, 0.2) is 35.1 Å². The smallest absolute Gasteiger partial charge is 0.408 e. The van der Waals surface area contributed by atoms with Gasteiger partial charge in [0.25, 0.3) is 0 Å². The molecule has 1 amide bonds. The van der Waals surface area contributed by atoms with Crippen LogP contribution in [0.25, 0.3) is 11.1 Å². The Morgan fingerprint density at radius 1 is 1.33 bits per heavy atom. The van der Waals surface area contributed by atoms with Crippen LogP contribution in [0, 0.1) is 5.92 Å². The van der Waals surface area contributed by atoms with Gasteiger partial charge in [0.1, 0.15) is 24.7 Å². The predicted octanol–water partition coefficient (Wildman–Crippen LogP) is 5.98. The van der Waals surface area contributed by atoms with Crippen molar-refractivity contribution in [2.75, 3.05) is 6.61 Å². The highest BCUT2D eigenvalue weighted by Gasteiger charge is 2.34. The molecular weight excluding hydrogens is 448 g/mol. The summed E-state index contributed by atoms with van der Waals surface area (Å²) in [7, 11) is 0. The molecule has 1 aliphatic rings. The molecule has 7 heteroatoms. The number of ether oxygens (including phenoxy) is 2. The topological polar surface area (TPSA) is 71.9 Å². The van der Waals surface area contributed by atoms with E-state index < -0.39 is 11.6 Å². The summed E-state index contributed by atoms with van der Waals surface area (Å²) in [5, 5.41) is 9.83. The van der Waals surface area contributed by atoms with Crippen LogP contribution in [-0.4, -0.2) is 39.3 Å². The van der Waals surface area contributed by atoms with Gasteiger partial charge in [-0.1, -0.05) is 13.8 Å². The molecule has 0 saturated heterocycles. The second-order valence-electron chi connectivity index (χ2n) is 9.02. The summed E-state index contributed by atoms with van der Waals surface area (Å²) in [5.74, 6) is 1.72. The van der Waals surface area contributed by atoms with Crippen molar-refractivity contribution in [1.29, 1.82) is 0 Å². The second kappa shape index (κ2) is 8.84. The Morgan fingerprint density at radius 3 is 2.70 bits per heavy atom. The van der Waals surface area contributed by atoms with E-state index in [0.29, 0.717) is 24.7 Å². The third-order valence-electron chi connectivity index (χ3n) is 5.08. The first-order chi connectivity index (χ1) is 14.1. The van der Waals surface area contributed by atoms with E-state index in [9.17, 15) is 9.90 Å². The molecule has 1 aromatic carbocycles. The van der Waals surface area contributed by atoms with Crippen molar-refractivity contribution in [2.24, 2.45) is 5.92 Å². The number of nitrogens with zero attached hydrogens (tertiary/aromatic N) is 2. The third kappa shape index (κ3) is 4.89. The molecule has 0 fully saturated rings. The predicted molar refractivity (Wildman–Crippen MR) is 120 cm³/mol. The number of rotatable bonds is 6. The molecule has 3 rings (SSSR count). The molecular formula is C23H29BrN2O4. The molecule has 6 nitrogen and oxygen atoms in total.